The van der Waals surface area contributed by atoms with E-state index in [1.165, 1.54) is 6.07 Å². The lowest BCUT2D eigenvalue weighted by Crippen LogP contribution is -2.18. The molecule has 2 rings (SSSR count). The Kier molecular flexibility index (Phi) is 4.63. The monoisotopic (exact) mass is 276 g/mol. The molecule has 0 radical (unpaired) electrons. The van der Waals surface area contributed by atoms with Crippen molar-refractivity contribution >= 4 is 8.03 Å². The second kappa shape index (κ2) is 6.43. The SMILES string of the molecule is O=[P+](O)[C@H](NCc1ccccc1)c1ccccc1O. The van der Waals surface area contributed by atoms with Crippen LogP contribution < -0.4 is 5.32 Å². The molecule has 0 aliphatic heterocycles. The Morgan fingerprint density at radius 1 is 1.05 bits per heavy atom. The smallest absolute Gasteiger partial charge is 0.507 e. The summed E-state index contributed by atoms with van der Waals surface area (Å²) in [5, 5.41) is 12.7. The molecule has 0 aliphatic rings. The molecule has 19 heavy (non-hydrogen) atoms. The van der Waals surface area contributed by atoms with E-state index in [1.54, 1.807) is 18.2 Å². The van der Waals surface area contributed by atoms with Gasteiger partial charge in [0.25, 0.3) is 5.78 Å². The van der Waals surface area contributed by atoms with E-state index in [0.29, 0.717) is 12.1 Å². The largest absolute Gasteiger partial charge is 0.529 e. The highest BCUT2D eigenvalue weighted by atomic mass is 31.1. The van der Waals surface area contributed by atoms with Gasteiger partial charge >= 0.3 is 8.03 Å². The fourth-order valence-electron chi connectivity index (χ4n) is 1.84. The predicted octanol–water partition coefficient (Wildman–Crippen LogP) is 2.92. The molecular weight excluding hydrogens is 261 g/mol. The zero-order chi connectivity index (χ0) is 13.7. The van der Waals surface area contributed by atoms with Gasteiger partial charge in [-0.2, -0.15) is 4.89 Å². The van der Waals surface area contributed by atoms with Gasteiger partial charge in [0.05, 0.1) is 5.56 Å². The molecular formula is C14H15NO3P+. The van der Waals surface area contributed by atoms with Crippen LogP contribution in [0.15, 0.2) is 54.6 Å². The summed E-state index contributed by atoms with van der Waals surface area (Å²) in [7, 11) is -2.47. The van der Waals surface area contributed by atoms with Crippen LogP contribution in [0.3, 0.4) is 0 Å². The van der Waals surface area contributed by atoms with Gasteiger partial charge < -0.3 is 5.11 Å². The van der Waals surface area contributed by atoms with Crippen LogP contribution >= 0.6 is 8.03 Å². The molecule has 2 aromatic carbocycles. The van der Waals surface area contributed by atoms with E-state index in [-0.39, 0.29) is 5.75 Å². The summed E-state index contributed by atoms with van der Waals surface area (Å²) >= 11 is 0. The molecule has 0 spiro atoms. The second-order valence-electron chi connectivity index (χ2n) is 4.13. The maximum atomic E-state index is 11.4. The first kappa shape index (κ1) is 13.7. The normalized spacial score (nSPS) is 13.0. The lowest BCUT2D eigenvalue weighted by atomic mass is 10.2. The number of phenols is 1. The molecule has 0 heterocycles. The average molecular weight is 276 g/mol. The van der Waals surface area contributed by atoms with Gasteiger partial charge in [-0.05, 0) is 22.3 Å². The number of hydrogen-bond donors (Lipinski definition) is 3. The third kappa shape index (κ3) is 3.61. The summed E-state index contributed by atoms with van der Waals surface area (Å²) in [6.45, 7) is 0.460. The molecule has 0 aliphatic carbocycles. The Morgan fingerprint density at radius 3 is 2.32 bits per heavy atom. The number of phenolic OH excluding ortho intramolecular Hbond substituents is 1. The lowest BCUT2D eigenvalue weighted by Gasteiger charge is -2.09. The summed E-state index contributed by atoms with van der Waals surface area (Å²) in [5.41, 5.74) is 1.45. The maximum absolute atomic E-state index is 11.4. The maximum Gasteiger partial charge on any atom is 0.529 e. The van der Waals surface area contributed by atoms with Crippen molar-refractivity contribution < 1.29 is 14.6 Å². The Morgan fingerprint density at radius 2 is 1.68 bits per heavy atom. The van der Waals surface area contributed by atoms with Gasteiger partial charge in [0.1, 0.15) is 5.75 Å². The minimum Gasteiger partial charge on any atom is -0.507 e. The summed E-state index contributed by atoms with van der Waals surface area (Å²) in [4.78, 5) is 9.40. The van der Waals surface area contributed by atoms with Crippen molar-refractivity contribution in [1.82, 2.24) is 5.32 Å². The van der Waals surface area contributed by atoms with Crippen molar-refractivity contribution in [2.45, 2.75) is 12.3 Å². The molecule has 2 aromatic rings. The van der Waals surface area contributed by atoms with Crippen molar-refractivity contribution in [1.29, 1.82) is 0 Å². The van der Waals surface area contributed by atoms with Crippen LogP contribution in [0.1, 0.15) is 16.9 Å². The summed E-state index contributed by atoms with van der Waals surface area (Å²) in [6.07, 6.45) is 0. The third-order valence-corrected chi connectivity index (χ3v) is 3.70. The molecule has 0 aromatic heterocycles. The van der Waals surface area contributed by atoms with E-state index in [2.05, 4.69) is 5.32 Å². The number of benzene rings is 2. The van der Waals surface area contributed by atoms with Crippen molar-refractivity contribution in [3.8, 4) is 5.75 Å². The topological polar surface area (TPSA) is 69.6 Å². The molecule has 0 saturated carbocycles. The van der Waals surface area contributed by atoms with Gasteiger partial charge in [0, 0.05) is 6.54 Å². The van der Waals surface area contributed by atoms with Crippen molar-refractivity contribution in [3.63, 3.8) is 0 Å². The van der Waals surface area contributed by atoms with Crippen molar-refractivity contribution in [2.75, 3.05) is 0 Å². The summed E-state index contributed by atoms with van der Waals surface area (Å²) in [5.74, 6) is -0.762. The lowest BCUT2D eigenvalue weighted by molar-refractivity contribution is 0.446. The average Bonchev–Trinajstić information content (AvgIpc) is 2.42. The van der Waals surface area contributed by atoms with E-state index in [4.69, 9.17) is 0 Å². The first-order valence-corrected chi connectivity index (χ1v) is 7.17. The Bertz CT molecular complexity index is 560. The van der Waals surface area contributed by atoms with Gasteiger partial charge in [-0.15, -0.1) is 0 Å². The van der Waals surface area contributed by atoms with Crippen molar-refractivity contribution in [3.05, 3.63) is 65.7 Å². The first-order valence-electron chi connectivity index (χ1n) is 5.89. The molecule has 0 saturated heterocycles. The van der Waals surface area contributed by atoms with E-state index >= 15 is 0 Å². The van der Waals surface area contributed by atoms with Crippen LogP contribution in [0.2, 0.25) is 0 Å². The minimum absolute atomic E-state index is 0.0189. The molecule has 5 heteroatoms. The van der Waals surface area contributed by atoms with E-state index in [0.717, 1.165) is 5.56 Å². The van der Waals surface area contributed by atoms with E-state index < -0.39 is 13.8 Å². The van der Waals surface area contributed by atoms with Gasteiger partial charge in [-0.1, -0.05) is 42.5 Å². The Hall–Kier alpha value is -1.74. The predicted molar refractivity (Wildman–Crippen MR) is 74.0 cm³/mol. The quantitative estimate of drug-likeness (QED) is 0.734. The van der Waals surface area contributed by atoms with Crippen LogP contribution in [-0.4, -0.2) is 10.00 Å². The minimum atomic E-state index is -2.47. The molecule has 0 fully saturated rings. The van der Waals surface area contributed by atoms with Crippen molar-refractivity contribution in [2.24, 2.45) is 0 Å². The first-order chi connectivity index (χ1) is 9.18. The Labute approximate surface area is 112 Å². The highest BCUT2D eigenvalue weighted by molar-refractivity contribution is 7.38. The van der Waals surface area contributed by atoms with Gasteiger partial charge in [-0.25, -0.2) is 0 Å². The number of hydrogen-bond acceptors (Lipinski definition) is 3. The molecule has 4 nitrogen and oxygen atoms in total. The van der Waals surface area contributed by atoms with E-state index in [1.807, 2.05) is 30.3 Å². The van der Waals surface area contributed by atoms with E-state index in [9.17, 15) is 14.6 Å². The van der Waals surface area contributed by atoms with Crippen LogP contribution in [-0.2, 0) is 11.1 Å². The molecule has 2 atom stereocenters. The third-order valence-electron chi connectivity index (χ3n) is 2.79. The zero-order valence-electron chi connectivity index (χ0n) is 10.2. The standard InChI is InChI=1S/C14H14NO3P/c16-13-9-5-4-8-12(13)14(19(17)18)15-10-11-6-2-1-3-7-11/h1-9,14-15H,10H2,(H-,16,17,18)/p+1/t14-/m0/s1. The van der Waals surface area contributed by atoms with Crippen LogP contribution in [0.25, 0.3) is 0 Å². The number of rotatable bonds is 5. The fraction of sp³-hybridized carbons (Fsp3) is 0.143. The zero-order valence-corrected chi connectivity index (χ0v) is 11.1. The second-order valence-corrected chi connectivity index (χ2v) is 5.25. The number of para-hydroxylation sites is 1. The summed E-state index contributed by atoms with van der Waals surface area (Å²) in [6, 6.07) is 16.1. The van der Waals surface area contributed by atoms with Crippen LogP contribution in [0.4, 0.5) is 0 Å². The Balaban J connectivity index is 2.14. The molecule has 0 bridgehead atoms. The highest BCUT2D eigenvalue weighted by Crippen LogP contribution is 2.39. The molecule has 1 unspecified atom stereocenters. The van der Waals surface area contributed by atoms with Crippen LogP contribution in [0.5, 0.6) is 5.75 Å². The van der Waals surface area contributed by atoms with Gasteiger partial charge in [-0.3, -0.25) is 5.32 Å². The fourth-order valence-corrected chi connectivity index (χ4v) is 2.54. The highest BCUT2D eigenvalue weighted by Gasteiger charge is 2.32. The van der Waals surface area contributed by atoms with Crippen LogP contribution in [0, 0.1) is 0 Å². The number of aromatic hydroxyl groups is 1. The molecule has 98 valence electrons. The summed E-state index contributed by atoms with van der Waals surface area (Å²) < 4.78 is 11.4. The number of nitrogens with one attached hydrogen (secondary N) is 1. The molecule has 0 amide bonds. The van der Waals surface area contributed by atoms with Gasteiger partial charge in [0.2, 0.25) is 0 Å². The van der Waals surface area contributed by atoms with Gasteiger partial charge in [0.15, 0.2) is 0 Å². The molecule has 3 N–H and O–H groups in total.